The molecule has 0 aliphatic rings. The third kappa shape index (κ3) is 2.41. The summed E-state index contributed by atoms with van der Waals surface area (Å²) < 4.78 is 0. The zero-order chi connectivity index (χ0) is 11.4. The smallest absolute Gasteiger partial charge is 0.167 e. The molecule has 1 aromatic heterocycles. The van der Waals surface area contributed by atoms with Gasteiger partial charge in [-0.25, -0.2) is 5.10 Å². The monoisotopic (exact) mass is 216 g/mol. The van der Waals surface area contributed by atoms with Crippen LogP contribution in [0.25, 0.3) is 0 Å². The number of carbonyl (C=O) groups is 1. The molecule has 6 heteroatoms. The van der Waals surface area contributed by atoms with E-state index in [0.29, 0.717) is 17.9 Å². The van der Waals surface area contributed by atoms with Crippen molar-refractivity contribution in [2.45, 2.75) is 13.5 Å². The Bertz CT molecular complexity index is 480. The van der Waals surface area contributed by atoms with Crippen LogP contribution in [-0.2, 0) is 6.54 Å². The summed E-state index contributed by atoms with van der Waals surface area (Å²) in [6.45, 7) is 1.97. The van der Waals surface area contributed by atoms with E-state index in [0.717, 1.165) is 5.69 Å². The number of nitrogens with one attached hydrogen (secondary N) is 2. The Hall–Kier alpha value is -2.24. The van der Waals surface area contributed by atoms with E-state index in [2.05, 4.69) is 32.0 Å². The first-order chi connectivity index (χ1) is 7.75. The number of tetrazole rings is 1. The van der Waals surface area contributed by atoms with Gasteiger partial charge < -0.3 is 5.32 Å². The first kappa shape index (κ1) is 10.3. The molecule has 0 amide bonds. The fourth-order valence-corrected chi connectivity index (χ4v) is 1.21. The lowest BCUT2D eigenvalue weighted by molar-refractivity contribution is 0.101. The number of ketones is 1. The van der Waals surface area contributed by atoms with Crippen molar-refractivity contribution in [3.05, 3.63) is 35.7 Å². The quantitative estimate of drug-likeness (QED) is 0.739. The molecule has 0 aliphatic heterocycles. The Kier molecular flexibility index (Phi) is 2.90. The molecule has 16 heavy (non-hydrogen) atoms. The summed E-state index contributed by atoms with van der Waals surface area (Å²) >= 11 is 0. The van der Waals surface area contributed by atoms with E-state index in [1.54, 1.807) is 12.1 Å². The van der Waals surface area contributed by atoms with Crippen LogP contribution >= 0.6 is 0 Å². The van der Waals surface area contributed by atoms with E-state index in [1.165, 1.54) is 6.92 Å². The van der Waals surface area contributed by atoms with Crippen LogP contribution in [0.2, 0.25) is 0 Å². The number of rotatable bonds is 4. The van der Waals surface area contributed by atoms with Gasteiger partial charge in [-0.15, -0.1) is 5.10 Å². The first-order valence-electron chi connectivity index (χ1n) is 4.75. The van der Waals surface area contributed by atoms with E-state index in [1.807, 2.05) is 6.07 Å². The van der Waals surface area contributed by atoms with Crippen molar-refractivity contribution in [2.24, 2.45) is 0 Å². The molecule has 2 aromatic rings. The minimum absolute atomic E-state index is 0.00928. The number of hydrogen-bond acceptors (Lipinski definition) is 5. The second-order valence-corrected chi connectivity index (χ2v) is 3.24. The van der Waals surface area contributed by atoms with Crippen LogP contribution in [0, 0.1) is 6.07 Å². The Balaban J connectivity index is 2.04. The average molecular weight is 216 g/mol. The van der Waals surface area contributed by atoms with Gasteiger partial charge in [-0.05, 0) is 23.4 Å². The topological polar surface area (TPSA) is 83.6 Å². The molecule has 0 fully saturated rings. The molecular formula is C10H10N5O. The molecule has 0 bridgehead atoms. The molecule has 2 N–H and O–H groups in total. The predicted octanol–water partition coefficient (Wildman–Crippen LogP) is 0.815. The minimum Gasteiger partial charge on any atom is -0.377 e. The van der Waals surface area contributed by atoms with Gasteiger partial charge in [0.2, 0.25) is 0 Å². The van der Waals surface area contributed by atoms with Crippen molar-refractivity contribution < 1.29 is 4.79 Å². The van der Waals surface area contributed by atoms with E-state index in [4.69, 9.17) is 0 Å². The SMILES string of the molecule is CC(=O)c1[c]c(NCc2nnn[nH]2)ccc1. The van der Waals surface area contributed by atoms with Gasteiger partial charge >= 0.3 is 0 Å². The Labute approximate surface area is 92.1 Å². The Morgan fingerprint density at radius 2 is 2.44 bits per heavy atom. The van der Waals surface area contributed by atoms with E-state index < -0.39 is 0 Å². The number of anilines is 1. The third-order valence-electron chi connectivity index (χ3n) is 2.01. The Morgan fingerprint density at radius 1 is 1.56 bits per heavy atom. The van der Waals surface area contributed by atoms with Crippen molar-refractivity contribution in [3.63, 3.8) is 0 Å². The average Bonchev–Trinajstić information content (AvgIpc) is 2.79. The molecule has 0 spiro atoms. The van der Waals surface area contributed by atoms with E-state index in [9.17, 15) is 4.79 Å². The maximum absolute atomic E-state index is 11.1. The van der Waals surface area contributed by atoms with Crippen molar-refractivity contribution >= 4 is 11.5 Å². The molecule has 0 atom stereocenters. The summed E-state index contributed by atoms with van der Waals surface area (Å²) in [5.41, 5.74) is 1.30. The highest BCUT2D eigenvalue weighted by molar-refractivity contribution is 5.94. The summed E-state index contributed by atoms with van der Waals surface area (Å²) in [5.74, 6) is 0.617. The van der Waals surface area contributed by atoms with Crippen LogP contribution in [0.5, 0.6) is 0 Å². The normalized spacial score (nSPS) is 10.1. The van der Waals surface area contributed by atoms with Gasteiger partial charge in [0.1, 0.15) is 0 Å². The number of carbonyl (C=O) groups excluding carboxylic acids is 1. The minimum atomic E-state index is -0.00928. The van der Waals surface area contributed by atoms with Gasteiger partial charge in [0, 0.05) is 17.3 Å². The summed E-state index contributed by atoms with van der Waals surface area (Å²) in [6.07, 6.45) is 0. The molecule has 81 valence electrons. The van der Waals surface area contributed by atoms with Crippen molar-refractivity contribution in [1.82, 2.24) is 20.6 Å². The van der Waals surface area contributed by atoms with Crippen LogP contribution in [0.3, 0.4) is 0 Å². The number of Topliss-reactive ketones (excluding diaryl/α,β-unsaturated/α-hetero) is 1. The lowest BCUT2D eigenvalue weighted by Crippen LogP contribution is -2.02. The summed E-state index contributed by atoms with van der Waals surface area (Å²) in [5, 5.41) is 16.3. The first-order valence-corrected chi connectivity index (χ1v) is 4.75. The highest BCUT2D eigenvalue weighted by Crippen LogP contribution is 2.10. The summed E-state index contributed by atoms with van der Waals surface area (Å²) in [6, 6.07) is 8.32. The fraction of sp³-hybridized carbons (Fsp3) is 0.200. The zero-order valence-corrected chi connectivity index (χ0v) is 8.69. The van der Waals surface area contributed by atoms with Gasteiger partial charge in [0.15, 0.2) is 11.6 Å². The van der Waals surface area contributed by atoms with Crippen molar-refractivity contribution in [3.8, 4) is 0 Å². The van der Waals surface area contributed by atoms with Gasteiger partial charge in [0.25, 0.3) is 0 Å². The van der Waals surface area contributed by atoms with Crippen molar-refractivity contribution in [1.29, 1.82) is 0 Å². The lowest BCUT2D eigenvalue weighted by Gasteiger charge is -2.04. The number of hydrogen-bond donors (Lipinski definition) is 2. The predicted molar refractivity (Wildman–Crippen MR) is 56.8 cm³/mol. The van der Waals surface area contributed by atoms with Gasteiger partial charge in [-0.1, -0.05) is 12.1 Å². The van der Waals surface area contributed by atoms with Crippen LogP contribution < -0.4 is 5.32 Å². The van der Waals surface area contributed by atoms with Crippen LogP contribution in [0.1, 0.15) is 23.1 Å². The van der Waals surface area contributed by atoms with Crippen LogP contribution in [-0.4, -0.2) is 26.4 Å². The lowest BCUT2D eigenvalue weighted by atomic mass is 10.1. The molecule has 0 saturated heterocycles. The third-order valence-corrected chi connectivity index (χ3v) is 2.01. The number of aromatic nitrogens is 4. The van der Waals surface area contributed by atoms with Gasteiger partial charge in [-0.3, -0.25) is 4.79 Å². The Morgan fingerprint density at radius 3 is 3.12 bits per heavy atom. The molecule has 1 radical (unpaired) electrons. The largest absolute Gasteiger partial charge is 0.377 e. The molecule has 1 aromatic carbocycles. The van der Waals surface area contributed by atoms with Gasteiger partial charge in [-0.2, -0.15) is 0 Å². The standard InChI is InChI=1S/C10H10N5O/c1-7(16)8-3-2-4-9(5-8)11-6-10-12-14-15-13-10/h2-4,11H,6H2,1H3,(H,12,13,14,15). The second-order valence-electron chi connectivity index (χ2n) is 3.24. The fourth-order valence-electron chi connectivity index (χ4n) is 1.21. The highest BCUT2D eigenvalue weighted by Gasteiger charge is 2.02. The maximum atomic E-state index is 11.1. The number of aromatic amines is 1. The molecular weight excluding hydrogens is 206 g/mol. The summed E-state index contributed by atoms with van der Waals surface area (Å²) in [4.78, 5) is 11.1. The summed E-state index contributed by atoms with van der Waals surface area (Å²) in [7, 11) is 0. The zero-order valence-electron chi connectivity index (χ0n) is 8.69. The van der Waals surface area contributed by atoms with E-state index >= 15 is 0 Å². The van der Waals surface area contributed by atoms with Gasteiger partial charge in [0.05, 0.1) is 6.54 Å². The van der Waals surface area contributed by atoms with Crippen LogP contribution in [0.15, 0.2) is 18.2 Å². The molecule has 2 rings (SSSR count). The number of benzene rings is 1. The molecule has 0 aliphatic carbocycles. The molecule has 0 saturated carbocycles. The maximum Gasteiger partial charge on any atom is 0.167 e. The number of H-pyrrole nitrogens is 1. The molecule has 1 heterocycles. The van der Waals surface area contributed by atoms with Crippen molar-refractivity contribution in [2.75, 3.05) is 5.32 Å². The second kappa shape index (κ2) is 4.52. The number of nitrogens with zero attached hydrogens (tertiary/aromatic N) is 3. The highest BCUT2D eigenvalue weighted by atomic mass is 16.1. The van der Waals surface area contributed by atoms with Crippen LogP contribution in [0.4, 0.5) is 5.69 Å². The molecule has 0 unspecified atom stereocenters. The van der Waals surface area contributed by atoms with E-state index in [-0.39, 0.29) is 5.78 Å². The molecule has 6 nitrogen and oxygen atoms in total.